The number of nitrogens with one attached hydrogen (secondary N) is 2. The molecule has 2 aromatic rings. The fraction of sp³-hybridized carbons (Fsp3) is 0.467. The van der Waals surface area contributed by atoms with E-state index < -0.39 is 47.7 Å². The molecule has 3 amide bonds. The molecule has 9 nitrogen and oxygen atoms in total. The monoisotopic (exact) mass is 536 g/mol. The molecule has 0 aliphatic carbocycles. The maximum atomic E-state index is 14.1. The molecule has 0 saturated heterocycles. The first-order valence-electron chi connectivity index (χ1n) is 12.8. The largest absolute Gasteiger partial charge is 0.508 e. The lowest BCUT2D eigenvalue weighted by atomic mass is 9.96. The van der Waals surface area contributed by atoms with E-state index in [9.17, 15) is 24.8 Å². The second-order valence-corrected chi connectivity index (χ2v) is 11.7. The average Bonchev–Trinajstić information content (AvgIpc) is 2.79. The van der Waals surface area contributed by atoms with Crippen LogP contribution in [0.1, 0.15) is 69.8 Å². The minimum absolute atomic E-state index is 0.0425. The fourth-order valence-corrected chi connectivity index (χ4v) is 3.94. The molecule has 3 N–H and O–H groups in total. The van der Waals surface area contributed by atoms with Gasteiger partial charge in [-0.25, -0.2) is 4.79 Å². The van der Waals surface area contributed by atoms with E-state index in [0.29, 0.717) is 11.1 Å². The number of phenols is 1. The van der Waals surface area contributed by atoms with Crippen molar-refractivity contribution in [2.45, 2.75) is 85.0 Å². The lowest BCUT2D eigenvalue weighted by Crippen LogP contribution is -2.55. The Kier molecular flexibility index (Phi) is 10.1. The number of alkyl carbamates (subject to hydrolysis) is 1. The zero-order chi connectivity index (χ0) is 29.5. The number of nitrogens with zero attached hydrogens (tertiary/aromatic N) is 2. The number of carbonyl (C=O) groups is 3. The maximum Gasteiger partial charge on any atom is 0.408 e. The van der Waals surface area contributed by atoms with Crippen LogP contribution in [-0.2, 0) is 20.7 Å². The van der Waals surface area contributed by atoms with Crippen LogP contribution in [0.4, 0.5) is 4.79 Å². The number of rotatable bonds is 8. The average molecular weight is 537 g/mol. The highest BCUT2D eigenvalue weighted by atomic mass is 16.6. The molecule has 0 aromatic heterocycles. The Labute approximate surface area is 231 Å². The second kappa shape index (κ2) is 12.7. The molecule has 0 radical (unpaired) electrons. The quantitative estimate of drug-likeness (QED) is 0.427. The Balaban J connectivity index is 2.59. The molecule has 2 atom stereocenters. The standard InChI is InChI=1S/C30H40N4O5/c1-19-9-12-22(17-20(19)2)25(26(36)33-29(3,4)5)34(16-15-31)27(37)24(32-28(38)39-30(6,7)8)18-21-10-13-23(35)14-11-21/h9-14,17,24-25,35H,16,18H2,1-8H3,(H,32,38)(H,33,36). The van der Waals surface area contributed by atoms with Crippen molar-refractivity contribution >= 4 is 17.9 Å². The molecule has 0 saturated carbocycles. The van der Waals surface area contributed by atoms with Gasteiger partial charge in [0, 0.05) is 12.0 Å². The van der Waals surface area contributed by atoms with Crippen molar-refractivity contribution in [1.29, 1.82) is 5.26 Å². The van der Waals surface area contributed by atoms with Gasteiger partial charge in [0.15, 0.2) is 0 Å². The van der Waals surface area contributed by atoms with Gasteiger partial charge >= 0.3 is 6.09 Å². The summed E-state index contributed by atoms with van der Waals surface area (Å²) < 4.78 is 5.40. The molecule has 0 fully saturated rings. The number of hydrogen-bond acceptors (Lipinski definition) is 6. The number of phenolic OH excluding ortho intramolecular Hbond substituents is 1. The molecule has 2 rings (SSSR count). The van der Waals surface area contributed by atoms with Crippen molar-refractivity contribution in [1.82, 2.24) is 15.5 Å². The summed E-state index contributed by atoms with van der Waals surface area (Å²) in [6.45, 7) is 14.1. The summed E-state index contributed by atoms with van der Waals surface area (Å²) in [7, 11) is 0. The second-order valence-electron chi connectivity index (χ2n) is 11.7. The SMILES string of the molecule is Cc1ccc(C(C(=O)NC(C)(C)C)N(CC#N)C(=O)C(Cc2ccc(O)cc2)NC(=O)OC(C)(C)C)cc1C. The predicted molar refractivity (Wildman–Crippen MR) is 149 cm³/mol. The van der Waals surface area contributed by atoms with Gasteiger partial charge in [-0.05, 0) is 89.8 Å². The summed E-state index contributed by atoms with van der Waals surface area (Å²) in [5.41, 5.74) is 1.74. The summed E-state index contributed by atoms with van der Waals surface area (Å²) >= 11 is 0. The van der Waals surface area contributed by atoms with E-state index in [0.717, 1.165) is 11.1 Å². The zero-order valence-electron chi connectivity index (χ0n) is 24.1. The third-order valence-electron chi connectivity index (χ3n) is 5.79. The summed E-state index contributed by atoms with van der Waals surface area (Å²) in [6.07, 6.45) is -0.765. The van der Waals surface area contributed by atoms with E-state index in [1.165, 1.54) is 17.0 Å². The van der Waals surface area contributed by atoms with Crippen LogP contribution in [0.25, 0.3) is 0 Å². The van der Waals surface area contributed by atoms with Crippen molar-refractivity contribution in [2.24, 2.45) is 0 Å². The Morgan fingerprint density at radius 2 is 1.62 bits per heavy atom. The van der Waals surface area contributed by atoms with Crippen molar-refractivity contribution in [3.63, 3.8) is 0 Å². The van der Waals surface area contributed by atoms with E-state index in [1.807, 2.05) is 52.8 Å². The molecule has 2 aromatic carbocycles. The van der Waals surface area contributed by atoms with Crippen molar-refractivity contribution in [2.75, 3.05) is 6.54 Å². The van der Waals surface area contributed by atoms with E-state index in [1.54, 1.807) is 39.0 Å². The third kappa shape index (κ3) is 9.64. The number of nitriles is 1. The number of benzene rings is 2. The fourth-order valence-electron chi connectivity index (χ4n) is 3.94. The van der Waals surface area contributed by atoms with Gasteiger partial charge in [0.25, 0.3) is 0 Å². The van der Waals surface area contributed by atoms with Crippen LogP contribution < -0.4 is 10.6 Å². The summed E-state index contributed by atoms with van der Waals surface area (Å²) in [5, 5.41) is 25.0. The number of amides is 3. The van der Waals surface area contributed by atoms with Crippen molar-refractivity contribution in [3.8, 4) is 11.8 Å². The first-order chi connectivity index (χ1) is 18.0. The molecular formula is C30H40N4O5. The molecule has 39 heavy (non-hydrogen) atoms. The van der Waals surface area contributed by atoms with Gasteiger partial charge < -0.3 is 25.4 Å². The van der Waals surface area contributed by atoms with Crippen LogP contribution in [0.3, 0.4) is 0 Å². The van der Waals surface area contributed by atoms with Crippen molar-refractivity contribution in [3.05, 3.63) is 64.7 Å². The van der Waals surface area contributed by atoms with Gasteiger partial charge in [-0.1, -0.05) is 30.3 Å². The lowest BCUT2D eigenvalue weighted by Gasteiger charge is -2.35. The zero-order valence-corrected chi connectivity index (χ0v) is 24.1. The number of aryl methyl sites for hydroxylation is 2. The van der Waals surface area contributed by atoms with E-state index in [2.05, 4.69) is 10.6 Å². The molecule has 2 unspecified atom stereocenters. The Morgan fingerprint density at radius 1 is 1.00 bits per heavy atom. The highest BCUT2D eigenvalue weighted by molar-refractivity contribution is 5.92. The Bertz CT molecular complexity index is 1220. The molecule has 0 aliphatic rings. The number of ether oxygens (including phenoxy) is 1. The van der Waals surface area contributed by atoms with Crippen LogP contribution in [0.15, 0.2) is 42.5 Å². The maximum absolute atomic E-state index is 14.1. The summed E-state index contributed by atoms with van der Waals surface area (Å²) in [5.74, 6) is -1.01. The molecule has 0 bridgehead atoms. The summed E-state index contributed by atoms with van der Waals surface area (Å²) in [6, 6.07) is 11.4. The van der Waals surface area contributed by atoms with Crippen LogP contribution in [0, 0.1) is 25.2 Å². The molecule has 210 valence electrons. The topological polar surface area (TPSA) is 132 Å². The van der Waals surface area contributed by atoms with Crippen LogP contribution in [-0.4, -0.2) is 51.6 Å². The highest BCUT2D eigenvalue weighted by Gasteiger charge is 2.37. The lowest BCUT2D eigenvalue weighted by molar-refractivity contribution is -0.142. The first-order valence-corrected chi connectivity index (χ1v) is 12.8. The van der Waals surface area contributed by atoms with Gasteiger partial charge in [-0.3, -0.25) is 9.59 Å². The Morgan fingerprint density at radius 3 is 2.13 bits per heavy atom. The third-order valence-corrected chi connectivity index (χ3v) is 5.79. The number of aromatic hydroxyl groups is 1. The van der Waals surface area contributed by atoms with E-state index >= 15 is 0 Å². The number of carbonyl (C=O) groups excluding carboxylic acids is 3. The molecule has 0 spiro atoms. The summed E-state index contributed by atoms with van der Waals surface area (Å²) in [4.78, 5) is 41.7. The molecule has 9 heteroatoms. The number of hydrogen-bond donors (Lipinski definition) is 3. The first kappa shape index (κ1) is 31.2. The van der Waals surface area contributed by atoms with Gasteiger partial charge in [0.05, 0.1) is 6.07 Å². The van der Waals surface area contributed by atoms with Crippen molar-refractivity contribution < 1.29 is 24.2 Å². The molecule has 0 heterocycles. The van der Waals surface area contributed by atoms with Gasteiger partial charge in [0.2, 0.25) is 11.8 Å². The Hall–Kier alpha value is -4.06. The van der Waals surface area contributed by atoms with Gasteiger partial charge in [-0.15, -0.1) is 0 Å². The predicted octanol–water partition coefficient (Wildman–Crippen LogP) is 4.45. The smallest absolute Gasteiger partial charge is 0.408 e. The minimum atomic E-state index is -1.16. The van der Waals surface area contributed by atoms with Crippen LogP contribution >= 0.6 is 0 Å². The molecule has 0 aliphatic heterocycles. The van der Waals surface area contributed by atoms with E-state index in [-0.39, 0.29) is 12.2 Å². The van der Waals surface area contributed by atoms with Gasteiger partial charge in [0.1, 0.15) is 30.0 Å². The van der Waals surface area contributed by atoms with Gasteiger partial charge in [-0.2, -0.15) is 5.26 Å². The van der Waals surface area contributed by atoms with E-state index in [4.69, 9.17) is 4.74 Å². The normalized spacial score (nSPS) is 13.0. The highest BCUT2D eigenvalue weighted by Crippen LogP contribution is 2.26. The molecular weight excluding hydrogens is 496 g/mol. The minimum Gasteiger partial charge on any atom is -0.508 e. The van der Waals surface area contributed by atoms with Crippen LogP contribution in [0.5, 0.6) is 5.75 Å². The van der Waals surface area contributed by atoms with Crippen LogP contribution in [0.2, 0.25) is 0 Å².